The second-order valence-corrected chi connectivity index (χ2v) is 6.20. The van der Waals surface area contributed by atoms with E-state index in [0.717, 1.165) is 0 Å². The van der Waals surface area contributed by atoms with Crippen LogP contribution in [0.5, 0.6) is 0 Å². The van der Waals surface area contributed by atoms with Crippen LogP contribution in [0.1, 0.15) is 19.3 Å². The molecule has 0 amide bonds. The standard InChI is InChI=1S/C7H15NO3.C6H8O7.Mg/c1-8(2,3)5-6(9)4-7(10)11;7-3(8)1-6(13,5(11)12)2-4(9)10;/h6,9H,4-5H2,1-3H3;13H,1-2H2,(H,7,8)(H,9,10)(H,11,12);/q;;+2/p+1/t6-;;/m0../s1. The zero-order valence-electron chi connectivity index (χ0n) is 14.4. The Labute approximate surface area is 160 Å². The summed E-state index contributed by atoms with van der Waals surface area (Å²) in [6.07, 6.45) is -3.20. The fraction of sp³-hybridized carbons (Fsp3) is 0.692. The van der Waals surface area contributed by atoms with Gasteiger partial charge in [0, 0.05) is 0 Å². The van der Waals surface area contributed by atoms with E-state index >= 15 is 0 Å². The van der Waals surface area contributed by atoms with Crippen LogP contribution in [0.4, 0.5) is 0 Å². The summed E-state index contributed by atoms with van der Waals surface area (Å²) in [5.74, 6) is -5.97. The molecular weight excluding hydrogens is 354 g/mol. The van der Waals surface area contributed by atoms with Gasteiger partial charge in [-0.25, -0.2) is 4.79 Å². The van der Waals surface area contributed by atoms with Crippen LogP contribution in [-0.2, 0) is 19.2 Å². The quantitative estimate of drug-likeness (QED) is 0.191. The molecule has 12 heteroatoms. The van der Waals surface area contributed by atoms with Crippen LogP contribution in [0.3, 0.4) is 0 Å². The predicted octanol–water partition coefficient (Wildman–Crippen LogP) is -2.10. The Morgan fingerprint density at radius 3 is 1.44 bits per heavy atom. The largest absolute Gasteiger partial charge is 2.00 e. The van der Waals surface area contributed by atoms with Gasteiger partial charge in [-0.05, 0) is 0 Å². The molecule has 0 spiro atoms. The van der Waals surface area contributed by atoms with E-state index in [4.69, 9.17) is 30.6 Å². The summed E-state index contributed by atoms with van der Waals surface area (Å²) in [6, 6.07) is 0. The number of aliphatic hydroxyl groups excluding tert-OH is 1. The number of hydrogen-bond donors (Lipinski definition) is 6. The van der Waals surface area contributed by atoms with E-state index in [9.17, 15) is 19.2 Å². The van der Waals surface area contributed by atoms with Gasteiger partial charge in [-0.3, -0.25) is 14.4 Å². The van der Waals surface area contributed by atoms with Crippen LogP contribution in [0, 0.1) is 0 Å². The molecular formula is C13H24MgNO10+3. The van der Waals surface area contributed by atoms with Crippen molar-refractivity contribution in [2.45, 2.75) is 31.0 Å². The predicted molar refractivity (Wildman–Crippen MR) is 84.0 cm³/mol. The van der Waals surface area contributed by atoms with Crippen molar-refractivity contribution in [3.8, 4) is 0 Å². The number of carbonyl (C=O) groups is 4. The van der Waals surface area contributed by atoms with Crippen LogP contribution in [0.25, 0.3) is 0 Å². The second kappa shape index (κ2) is 12.0. The fourth-order valence-corrected chi connectivity index (χ4v) is 1.61. The summed E-state index contributed by atoms with van der Waals surface area (Å²) in [4.78, 5) is 40.6. The molecule has 1 atom stereocenters. The van der Waals surface area contributed by atoms with Gasteiger partial charge < -0.3 is 35.1 Å². The molecule has 0 rings (SSSR count). The van der Waals surface area contributed by atoms with Crippen LogP contribution < -0.4 is 0 Å². The molecule has 140 valence electrons. The van der Waals surface area contributed by atoms with Gasteiger partial charge in [-0.2, -0.15) is 0 Å². The van der Waals surface area contributed by atoms with Gasteiger partial charge in [-0.15, -0.1) is 0 Å². The van der Waals surface area contributed by atoms with E-state index in [1.165, 1.54) is 0 Å². The summed E-state index contributed by atoms with van der Waals surface area (Å²) in [7, 11) is 5.72. The van der Waals surface area contributed by atoms with Crippen molar-refractivity contribution in [1.82, 2.24) is 0 Å². The summed E-state index contributed by atoms with van der Waals surface area (Å²) < 4.78 is 0.578. The van der Waals surface area contributed by atoms with Crippen molar-refractivity contribution in [1.29, 1.82) is 0 Å². The average Bonchev–Trinajstić information content (AvgIpc) is 2.22. The maximum Gasteiger partial charge on any atom is 2.00 e. The smallest absolute Gasteiger partial charge is 0.481 e. The van der Waals surface area contributed by atoms with E-state index in [1.807, 2.05) is 21.1 Å². The van der Waals surface area contributed by atoms with Gasteiger partial charge in [0.25, 0.3) is 0 Å². The third-order valence-electron chi connectivity index (χ3n) is 2.45. The van der Waals surface area contributed by atoms with Crippen LogP contribution in [0.15, 0.2) is 0 Å². The molecule has 0 aromatic heterocycles. The first-order chi connectivity index (χ1) is 10.6. The van der Waals surface area contributed by atoms with Crippen molar-refractivity contribution in [2.75, 3.05) is 27.7 Å². The molecule has 0 aromatic rings. The van der Waals surface area contributed by atoms with Crippen molar-refractivity contribution >= 4 is 46.9 Å². The number of carboxylic acid groups (broad SMARTS) is 4. The van der Waals surface area contributed by atoms with E-state index in [1.54, 1.807) is 0 Å². The molecule has 0 heterocycles. The molecule has 0 unspecified atom stereocenters. The summed E-state index contributed by atoms with van der Waals surface area (Å²) in [5.41, 5.74) is -2.74. The van der Waals surface area contributed by atoms with Gasteiger partial charge in [0.1, 0.15) is 12.6 Å². The number of likely N-dealkylation sites (N-methyl/N-ethyl adjacent to an activating group) is 1. The van der Waals surface area contributed by atoms with E-state index in [0.29, 0.717) is 11.0 Å². The molecule has 0 saturated heterocycles. The molecule has 0 aromatic carbocycles. The first-order valence-electron chi connectivity index (χ1n) is 6.68. The normalized spacial score (nSPS) is 12.0. The van der Waals surface area contributed by atoms with E-state index in [-0.39, 0.29) is 29.5 Å². The molecule has 0 fully saturated rings. The Balaban J connectivity index is -0.000000377. The Hall–Kier alpha value is -1.47. The molecule has 0 aliphatic rings. The Morgan fingerprint density at radius 1 is 0.880 bits per heavy atom. The molecule has 6 N–H and O–H groups in total. The monoisotopic (exact) mass is 378 g/mol. The minimum atomic E-state index is -2.74. The number of hydrogen-bond acceptors (Lipinski definition) is 6. The number of nitrogens with zero attached hydrogens (tertiary/aromatic N) is 1. The maximum absolute atomic E-state index is 10.3. The SMILES string of the molecule is C[N+](C)(C)C[C@@H](O)CC(=O)O.O=C(O)CC(O)(CC(=O)O)C(=O)O.[Mg+2]. The average molecular weight is 379 g/mol. The van der Waals surface area contributed by atoms with Crippen molar-refractivity contribution in [3.05, 3.63) is 0 Å². The fourth-order valence-electron chi connectivity index (χ4n) is 1.61. The molecule has 11 nitrogen and oxygen atoms in total. The first-order valence-corrected chi connectivity index (χ1v) is 6.68. The van der Waals surface area contributed by atoms with Gasteiger partial charge >= 0.3 is 46.9 Å². The summed E-state index contributed by atoms with van der Waals surface area (Å²) in [5, 5.41) is 51.3. The minimum Gasteiger partial charge on any atom is -0.481 e. The number of aliphatic hydroxyl groups is 2. The van der Waals surface area contributed by atoms with Crippen LogP contribution in [0.2, 0.25) is 0 Å². The number of carboxylic acids is 4. The third kappa shape index (κ3) is 17.1. The van der Waals surface area contributed by atoms with Gasteiger partial charge in [0.05, 0.1) is 40.4 Å². The second-order valence-electron chi connectivity index (χ2n) is 6.20. The Kier molecular flexibility index (Phi) is 13.6. The minimum absolute atomic E-state index is 0. The molecule has 0 bridgehead atoms. The first kappa shape index (κ1) is 28.3. The molecule has 0 saturated carbocycles. The van der Waals surface area contributed by atoms with Crippen LogP contribution >= 0.6 is 0 Å². The third-order valence-corrected chi connectivity index (χ3v) is 2.45. The van der Waals surface area contributed by atoms with Gasteiger partial charge in [-0.1, -0.05) is 0 Å². The van der Waals surface area contributed by atoms with Crippen molar-refractivity contribution < 1.29 is 54.3 Å². The number of quaternary nitrogens is 1. The Bertz CT molecular complexity index is 458. The van der Waals surface area contributed by atoms with Crippen LogP contribution in [-0.4, -0.2) is 121 Å². The molecule has 25 heavy (non-hydrogen) atoms. The van der Waals surface area contributed by atoms with E-state index in [2.05, 4.69) is 0 Å². The zero-order chi connectivity index (χ0) is 19.7. The van der Waals surface area contributed by atoms with Gasteiger partial charge in [0.15, 0.2) is 5.60 Å². The van der Waals surface area contributed by atoms with Crippen molar-refractivity contribution in [2.24, 2.45) is 0 Å². The topological polar surface area (TPSA) is 190 Å². The van der Waals surface area contributed by atoms with E-state index < -0.39 is 48.4 Å². The maximum atomic E-state index is 10.3. The van der Waals surface area contributed by atoms with Crippen molar-refractivity contribution in [3.63, 3.8) is 0 Å². The molecule has 0 aliphatic heterocycles. The summed E-state index contributed by atoms with van der Waals surface area (Å²) in [6.45, 7) is 0.465. The zero-order valence-corrected chi connectivity index (χ0v) is 15.8. The number of rotatable bonds is 9. The molecule has 0 aliphatic carbocycles. The van der Waals surface area contributed by atoms with Gasteiger partial charge in [0.2, 0.25) is 0 Å². The number of aliphatic carboxylic acids is 4. The molecule has 0 radical (unpaired) electrons. The summed E-state index contributed by atoms with van der Waals surface area (Å²) >= 11 is 0. The Morgan fingerprint density at radius 2 is 1.24 bits per heavy atom.